The van der Waals surface area contributed by atoms with E-state index in [9.17, 15) is 4.79 Å². The largest absolute Gasteiger partial charge is 0.384 e. The fourth-order valence-electron chi connectivity index (χ4n) is 1.97. The zero-order valence-electron chi connectivity index (χ0n) is 9.65. The molecule has 92 valence electrons. The molecule has 0 unspecified atom stereocenters. The lowest BCUT2D eigenvalue weighted by Crippen LogP contribution is -2.38. The first kappa shape index (κ1) is 10.7. The molecule has 0 saturated carbocycles. The predicted molar refractivity (Wildman–Crippen MR) is 63.4 cm³/mol. The highest BCUT2D eigenvalue weighted by Gasteiger charge is 2.23. The van der Waals surface area contributed by atoms with Crippen LogP contribution in [0.5, 0.6) is 0 Å². The molecule has 0 fully saturated rings. The van der Waals surface area contributed by atoms with Gasteiger partial charge in [0.25, 0.3) is 5.91 Å². The van der Waals surface area contributed by atoms with Gasteiger partial charge in [0.1, 0.15) is 17.8 Å². The number of hydrogen-bond acceptors (Lipinski definition) is 5. The third kappa shape index (κ3) is 1.79. The Labute approximate surface area is 103 Å². The molecule has 1 amide bonds. The summed E-state index contributed by atoms with van der Waals surface area (Å²) in [5, 5.41) is 7.80. The number of anilines is 1. The maximum atomic E-state index is 12.2. The van der Waals surface area contributed by atoms with E-state index in [4.69, 9.17) is 5.73 Å². The highest BCUT2D eigenvalue weighted by molar-refractivity contribution is 5.92. The van der Waals surface area contributed by atoms with Crippen LogP contribution >= 0.6 is 0 Å². The molecule has 3 rings (SSSR count). The van der Waals surface area contributed by atoms with Gasteiger partial charge in [0.05, 0.1) is 6.54 Å². The Morgan fingerprint density at radius 1 is 1.33 bits per heavy atom. The van der Waals surface area contributed by atoms with Crippen LogP contribution in [-0.4, -0.2) is 37.1 Å². The summed E-state index contributed by atoms with van der Waals surface area (Å²) in [6.45, 7) is 1.78. The number of amides is 1. The number of carbonyl (C=O) groups excluding carboxylic acids is 1. The Balaban J connectivity index is 1.83. The molecule has 0 radical (unpaired) electrons. The van der Waals surface area contributed by atoms with Crippen LogP contribution in [-0.2, 0) is 13.1 Å². The monoisotopic (exact) mass is 244 g/mol. The molecule has 0 bridgehead atoms. The molecule has 0 aromatic carbocycles. The molecule has 3 heterocycles. The minimum Gasteiger partial charge on any atom is -0.384 e. The second kappa shape index (κ2) is 4.10. The molecule has 0 atom stereocenters. The minimum absolute atomic E-state index is 0.128. The second-order valence-electron chi connectivity index (χ2n) is 4.11. The fourth-order valence-corrected chi connectivity index (χ4v) is 1.97. The Hall–Kier alpha value is -2.44. The number of aromatic nitrogens is 4. The lowest BCUT2D eigenvalue weighted by atomic mass is 10.2. The topological polar surface area (TPSA) is 89.9 Å². The van der Waals surface area contributed by atoms with Gasteiger partial charge in [-0.25, -0.2) is 4.98 Å². The number of rotatable bonds is 1. The van der Waals surface area contributed by atoms with E-state index in [1.165, 1.54) is 0 Å². The fraction of sp³-hybridized carbons (Fsp3) is 0.273. The van der Waals surface area contributed by atoms with Crippen LogP contribution in [0, 0.1) is 0 Å². The molecule has 2 aromatic rings. The van der Waals surface area contributed by atoms with Gasteiger partial charge in [-0.2, -0.15) is 0 Å². The summed E-state index contributed by atoms with van der Waals surface area (Å²) in [4.78, 5) is 18.0. The molecule has 1 aliphatic rings. The van der Waals surface area contributed by atoms with Gasteiger partial charge >= 0.3 is 0 Å². The van der Waals surface area contributed by atoms with Gasteiger partial charge in [0.2, 0.25) is 0 Å². The SMILES string of the molecule is Nc1cccc(C(=O)N2CCn3cnnc3C2)n1. The average Bonchev–Trinajstić information content (AvgIpc) is 2.85. The van der Waals surface area contributed by atoms with Crippen molar-refractivity contribution in [2.24, 2.45) is 0 Å². The van der Waals surface area contributed by atoms with Crippen molar-refractivity contribution >= 4 is 11.7 Å². The molecule has 18 heavy (non-hydrogen) atoms. The number of hydrogen-bond donors (Lipinski definition) is 1. The normalized spacial score (nSPS) is 14.3. The van der Waals surface area contributed by atoms with Crippen molar-refractivity contribution in [3.63, 3.8) is 0 Å². The molecule has 7 nitrogen and oxygen atoms in total. The van der Waals surface area contributed by atoms with Crippen molar-refractivity contribution in [2.45, 2.75) is 13.1 Å². The zero-order valence-corrected chi connectivity index (χ0v) is 9.65. The van der Waals surface area contributed by atoms with Crippen molar-refractivity contribution in [3.8, 4) is 0 Å². The summed E-state index contributed by atoms with van der Waals surface area (Å²) in [5.41, 5.74) is 5.94. The molecule has 0 aliphatic carbocycles. The standard InChI is InChI=1S/C11H12N6O/c12-9-3-1-2-8(14-9)11(18)16-4-5-17-7-13-15-10(17)6-16/h1-3,7H,4-6H2,(H2,12,14). The van der Waals surface area contributed by atoms with Crippen molar-refractivity contribution in [3.05, 3.63) is 36.0 Å². The van der Waals surface area contributed by atoms with E-state index in [2.05, 4.69) is 15.2 Å². The molecule has 2 aromatic heterocycles. The molecule has 7 heteroatoms. The maximum Gasteiger partial charge on any atom is 0.273 e. The van der Waals surface area contributed by atoms with E-state index >= 15 is 0 Å². The lowest BCUT2D eigenvalue weighted by molar-refractivity contribution is 0.0701. The molecule has 0 spiro atoms. The average molecular weight is 244 g/mol. The Kier molecular flexibility index (Phi) is 2.44. The van der Waals surface area contributed by atoms with Gasteiger partial charge in [-0.05, 0) is 12.1 Å². The van der Waals surface area contributed by atoms with E-state index in [1.54, 1.807) is 29.4 Å². The Morgan fingerprint density at radius 2 is 2.22 bits per heavy atom. The molecule has 2 N–H and O–H groups in total. The van der Waals surface area contributed by atoms with Crippen LogP contribution in [0.4, 0.5) is 5.82 Å². The van der Waals surface area contributed by atoms with Crippen LogP contribution in [0.15, 0.2) is 24.5 Å². The summed E-state index contributed by atoms with van der Waals surface area (Å²) in [6.07, 6.45) is 1.68. The predicted octanol–water partition coefficient (Wildman–Crippen LogP) is -0.0887. The van der Waals surface area contributed by atoms with E-state index in [0.29, 0.717) is 31.1 Å². The number of nitrogen functional groups attached to an aromatic ring is 1. The van der Waals surface area contributed by atoms with Gasteiger partial charge in [0, 0.05) is 13.1 Å². The van der Waals surface area contributed by atoms with Gasteiger partial charge in [0.15, 0.2) is 5.82 Å². The number of pyridine rings is 1. The number of nitrogens with two attached hydrogens (primary N) is 1. The quantitative estimate of drug-likeness (QED) is 0.757. The molecule has 0 saturated heterocycles. The number of fused-ring (bicyclic) bond motifs is 1. The van der Waals surface area contributed by atoms with Crippen molar-refractivity contribution in [1.29, 1.82) is 0 Å². The molecular formula is C11H12N6O. The first-order valence-electron chi connectivity index (χ1n) is 5.62. The molecular weight excluding hydrogens is 232 g/mol. The highest BCUT2D eigenvalue weighted by atomic mass is 16.2. The van der Waals surface area contributed by atoms with Crippen LogP contribution in [0.25, 0.3) is 0 Å². The van der Waals surface area contributed by atoms with Gasteiger partial charge in [-0.15, -0.1) is 10.2 Å². The highest BCUT2D eigenvalue weighted by Crippen LogP contribution is 2.12. The van der Waals surface area contributed by atoms with Crippen molar-refractivity contribution in [2.75, 3.05) is 12.3 Å². The smallest absolute Gasteiger partial charge is 0.273 e. The maximum absolute atomic E-state index is 12.2. The van der Waals surface area contributed by atoms with E-state index < -0.39 is 0 Å². The third-order valence-corrected chi connectivity index (χ3v) is 2.92. The van der Waals surface area contributed by atoms with Crippen LogP contribution in [0.2, 0.25) is 0 Å². The van der Waals surface area contributed by atoms with Gasteiger partial charge < -0.3 is 15.2 Å². The zero-order chi connectivity index (χ0) is 12.5. The lowest BCUT2D eigenvalue weighted by Gasteiger charge is -2.26. The first-order chi connectivity index (χ1) is 8.74. The first-order valence-corrected chi connectivity index (χ1v) is 5.62. The van der Waals surface area contributed by atoms with Crippen LogP contribution < -0.4 is 5.73 Å². The van der Waals surface area contributed by atoms with Crippen LogP contribution in [0.3, 0.4) is 0 Å². The van der Waals surface area contributed by atoms with Gasteiger partial charge in [-0.3, -0.25) is 4.79 Å². The van der Waals surface area contributed by atoms with E-state index in [0.717, 1.165) is 5.82 Å². The Morgan fingerprint density at radius 3 is 3.06 bits per heavy atom. The third-order valence-electron chi connectivity index (χ3n) is 2.92. The summed E-state index contributed by atoms with van der Waals surface area (Å²) < 4.78 is 1.94. The van der Waals surface area contributed by atoms with E-state index in [1.807, 2.05) is 4.57 Å². The minimum atomic E-state index is -0.128. The van der Waals surface area contributed by atoms with Crippen molar-refractivity contribution < 1.29 is 4.79 Å². The summed E-state index contributed by atoms with van der Waals surface area (Å²) in [7, 11) is 0. The Bertz CT molecular complexity index is 593. The van der Waals surface area contributed by atoms with Crippen molar-refractivity contribution in [1.82, 2.24) is 24.6 Å². The second-order valence-corrected chi connectivity index (χ2v) is 4.11. The van der Waals surface area contributed by atoms with Crippen LogP contribution in [0.1, 0.15) is 16.3 Å². The number of carbonyl (C=O) groups is 1. The summed E-state index contributed by atoms with van der Waals surface area (Å²) in [5.74, 6) is 1.01. The van der Waals surface area contributed by atoms with Gasteiger partial charge in [-0.1, -0.05) is 6.07 Å². The number of nitrogens with zero attached hydrogens (tertiary/aromatic N) is 5. The molecule has 1 aliphatic heterocycles. The summed E-state index contributed by atoms with van der Waals surface area (Å²) in [6, 6.07) is 5.05. The summed E-state index contributed by atoms with van der Waals surface area (Å²) >= 11 is 0. The van der Waals surface area contributed by atoms with E-state index in [-0.39, 0.29) is 5.91 Å².